The van der Waals surface area contributed by atoms with Crippen LogP contribution in [0.3, 0.4) is 0 Å². The highest BCUT2D eigenvalue weighted by molar-refractivity contribution is 5.67. The SMILES string of the molecule is CCOC(=O)N1CCN(Cn2nc(-c3ccccc3)oc2=O)CC1. The molecule has 8 heteroatoms. The van der Waals surface area contributed by atoms with Crippen molar-refractivity contribution >= 4 is 6.09 Å². The number of benzene rings is 1. The van der Waals surface area contributed by atoms with E-state index in [2.05, 4.69) is 10.00 Å². The molecule has 8 nitrogen and oxygen atoms in total. The predicted octanol–water partition coefficient (Wildman–Crippen LogP) is 1.23. The Bertz CT molecular complexity index is 732. The summed E-state index contributed by atoms with van der Waals surface area (Å²) >= 11 is 0. The molecule has 128 valence electrons. The van der Waals surface area contributed by atoms with Gasteiger partial charge >= 0.3 is 11.8 Å². The molecule has 0 N–H and O–H groups in total. The van der Waals surface area contributed by atoms with E-state index in [1.165, 1.54) is 4.68 Å². The molecule has 1 aliphatic rings. The van der Waals surface area contributed by atoms with E-state index in [1.54, 1.807) is 11.8 Å². The predicted molar refractivity (Wildman–Crippen MR) is 86.4 cm³/mol. The Kier molecular flexibility index (Phi) is 4.95. The number of rotatable bonds is 4. The summed E-state index contributed by atoms with van der Waals surface area (Å²) in [4.78, 5) is 27.4. The fraction of sp³-hybridized carbons (Fsp3) is 0.438. The molecule has 1 saturated heterocycles. The average molecular weight is 332 g/mol. The van der Waals surface area contributed by atoms with Gasteiger partial charge in [0.15, 0.2) is 0 Å². The van der Waals surface area contributed by atoms with Crippen LogP contribution in [-0.4, -0.2) is 58.5 Å². The number of carbonyl (C=O) groups is 1. The van der Waals surface area contributed by atoms with Crippen molar-refractivity contribution in [1.82, 2.24) is 19.6 Å². The van der Waals surface area contributed by atoms with Crippen LogP contribution in [0.15, 0.2) is 39.5 Å². The summed E-state index contributed by atoms with van der Waals surface area (Å²) < 4.78 is 11.5. The summed E-state index contributed by atoms with van der Waals surface area (Å²) in [7, 11) is 0. The topological polar surface area (TPSA) is 80.8 Å². The Morgan fingerprint density at radius 3 is 2.58 bits per heavy atom. The van der Waals surface area contributed by atoms with Gasteiger partial charge in [-0.2, -0.15) is 4.68 Å². The largest absolute Gasteiger partial charge is 0.450 e. The van der Waals surface area contributed by atoms with E-state index in [0.717, 1.165) is 5.56 Å². The summed E-state index contributed by atoms with van der Waals surface area (Å²) in [6.07, 6.45) is -0.290. The summed E-state index contributed by atoms with van der Waals surface area (Å²) in [6, 6.07) is 9.30. The lowest BCUT2D eigenvalue weighted by Crippen LogP contribution is -2.49. The van der Waals surface area contributed by atoms with Crippen molar-refractivity contribution in [1.29, 1.82) is 0 Å². The molecule has 1 amide bonds. The van der Waals surface area contributed by atoms with Crippen molar-refractivity contribution in [3.63, 3.8) is 0 Å². The molecule has 1 aromatic carbocycles. The van der Waals surface area contributed by atoms with Crippen LogP contribution >= 0.6 is 0 Å². The van der Waals surface area contributed by atoms with Crippen LogP contribution in [0, 0.1) is 0 Å². The van der Waals surface area contributed by atoms with Gasteiger partial charge in [-0.05, 0) is 19.1 Å². The molecule has 0 radical (unpaired) electrons. The maximum atomic E-state index is 12.0. The summed E-state index contributed by atoms with van der Waals surface area (Å²) in [5, 5.41) is 4.25. The molecule has 0 atom stereocenters. The maximum absolute atomic E-state index is 12.0. The van der Waals surface area contributed by atoms with E-state index >= 15 is 0 Å². The van der Waals surface area contributed by atoms with Crippen LogP contribution in [0.5, 0.6) is 0 Å². The first kappa shape index (κ1) is 16.3. The molecule has 24 heavy (non-hydrogen) atoms. The van der Waals surface area contributed by atoms with Gasteiger partial charge in [-0.1, -0.05) is 18.2 Å². The third-order valence-corrected chi connectivity index (χ3v) is 3.86. The van der Waals surface area contributed by atoms with Crippen LogP contribution in [-0.2, 0) is 11.4 Å². The number of amides is 1. The molecule has 2 aromatic rings. The first-order chi connectivity index (χ1) is 11.7. The lowest BCUT2D eigenvalue weighted by atomic mass is 10.2. The Hall–Kier alpha value is -2.61. The second-order valence-electron chi connectivity index (χ2n) is 5.48. The monoisotopic (exact) mass is 332 g/mol. The molecule has 0 unspecified atom stereocenters. The molecule has 3 rings (SSSR count). The Morgan fingerprint density at radius 2 is 1.92 bits per heavy atom. The van der Waals surface area contributed by atoms with Crippen LogP contribution in [0.4, 0.5) is 4.79 Å². The molecule has 1 aromatic heterocycles. The average Bonchev–Trinajstić information content (AvgIpc) is 2.97. The third kappa shape index (κ3) is 3.65. The molecule has 2 heterocycles. The lowest BCUT2D eigenvalue weighted by Gasteiger charge is -2.33. The van der Waals surface area contributed by atoms with E-state index in [4.69, 9.17) is 9.15 Å². The van der Waals surface area contributed by atoms with Crippen molar-refractivity contribution in [3.8, 4) is 11.5 Å². The Balaban J connectivity index is 1.61. The van der Waals surface area contributed by atoms with Crippen molar-refractivity contribution in [2.75, 3.05) is 32.8 Å². The van der Waals surface area contributed by atoms with Gasteiger partial charge in [-0.15, -0.1) is 5.10 Å². The van der Waals surface area contributed by atoms with Crippen LogP contribution in [0.2, 0.25) is 0 Å². The number of aromatic nitrogens is 2. The van der Waals surface area contributed by atoms with Gasteiger partial charge in [-0.25, -0.2) is 9.59 Å². The highest BCUT2D eigenvalue weighted by Gasteiger charge is 2.23. The molecular formula is C16H20N4O4. The first-order valence-electron chi connectivity index (χ1n) is 7.95. The van der Waals surface area contributed by atoms with E-state index in [0.29, 0.717) is 45.3 Å². The highest BCUT2D eigenvalue weighted by Crippen LogP contribution is 2.14. The van der Waals surface area contributed by atoms with Crippen molar-refractivity contribution < 1.29 is 13.9 Å². The smallest absolute Gasteiger partial charge is 0.438 e. The van der Waals surface area contributed by atoms with Gasteiger partial charge in [0.2, 0.25) is 5.89 Å². The minimum Gasteiger partial charge on any atom is -0.450 e. The zero-order valence-corrected chi connectivity index (χ0v) is 13.6. The minimum absolute atomic E-state index is 0.290. The van der Waals surface area contributed by atoms with E-state index in [-0.39, 0.29) is 6.09 Å². The minimum atomic E-state index is -0.485. The van der Waals surface area contributed by atoms with Gasteiger partial charge in [0.1, 0.15) is 6.67 Å². The number of nitrogens with zero attached hydrogens (tertiary/aromatic N) is 4. The van der Waals surface area contributed by atoms with Gasteiger partial charge < -0.3 is 14.1 Å². The van der Waals surface area contributed by atoms with Crippen LogP contribution < -0.4 is 5.76 Å². The molecule has 1 fully saturated rings. The zero-order chi connectivity index (χ0) is 16.9. The van der Waals surface area contributed by atoms with Gasteiger partial charge in [0, 0.05) is 31.7 Å². The number of ether oxygens (including phenoxy) is 1. The maximum Gasteiger partial charge on any atom is 0.438 e. The quantitative estimate of drug-likeness (QED) is 0.838. The van der Waals surface area contributed by atoms with Gasteiger partial charge in [0.25, 0.3) is 0 Å². The normalized spacial score (nSPS) is 15.5. The summed E-state index contributed by atoms with van der Waals surface area (Å²) in [6.45, 7) is 4.93. The van der Waals surface area contributed by atoms with E-state index in [9.17, 15) is 9.59 Å². The van der Waals surface area contributed by atoms with E-state index in [1.807, 2.05) is 30.3 Å². The van der Waals surface area contributed by atoms with Crippen molar-refractivity contribution in [3.05, 3.63) is 40.9 Å². The van der Waals surface area contributed by atoms with Crippen LogP contribution in [0.1, 0.15) is 6.92 Å². The van der Waals surface area contributed by atoms with E-state index < -0.39 is 5.76 Å². The van der Waals surface area contributed by atoms with Crippen LogP contribution in [0.25, 0.3) is 11.5 Å². The fourth-order valence-corrected chi connectivity index (χ4v) is 2.57. The molecule has 1 aliphatic heterocycles. The molecule has 0 spiro atoms. The summed E-state index contributed by atoms with van der Waals surface area (Å²) in [5.41, 5.74) is 0.764. The molecule has 0 aliphatic carbocycles. The fourth-order valence-electron chi connectivity index (χ4n) is 2.57. The second kappa shape index (κ2) is 7.31. The number of carbonyl (C=O) groups excluding carboxylic acids is 1. The Labute approximate surface area is 139 Å². The lowest BCUT2D eigenvalue weighted by molar-refractivity contribution is 0.0684. The van der Waals surface area contributed by atoms with Crippen molar-refractivity contribution in [2.24, 2.45) is 0 Å². The Morgan fingerprint density at radius 1 is 1.21 bits per heavy atom. The summed E-state index contributed by atoms with van der Waals surface area (Å²) in [5.74, 6) is -0.174. The molecule has 0 saturated carbocycles. The molecular weight excluding hydrogens is 312 g/mol. The van der Waals surface area contributed by atoms with Crippen molar-refractivity contribution in [2.45, 2.75) is 13.6 Å². The first-order valence-corrected chi connectivity index (χ1v) is 7.95. The second-order valence-corrected chi connectivity index (χ2v) is 5.48. The number of hydrogen-bond acceptors (Lipinski definition) is 6. The zero-order valence-electron chi connectivity index (χ0n) is 13.6. The number of hydrogen-bond donors (Lipinski definition) is 0. The standard InChI is InChI=1S/C16H20N4O4/c1-2-23-15(21)19-10-8-18(9-11-19)12-20-16(22)24-14(17-20)13-6-4-3-5-7-13/h3-7H,2,8-12H2,1H3. The highest BCUT2D eigenvalue weighted by atomic mass is 16.6. The number of piperazine rings is 1. The third-order valence-electron chi connectivity index (χ3n) is 3.86. The van der Waals surface area contributed by atoms with Gasteiger partial charge in [0.05, 0.1) is 6.61 Å². The van der Waals surface area contributed by atoms with Gasteiger partial charge in [-0.3, -0.25) is 4.90 Å². The molecule has 0 bridgehead atoms.